The molecule has 0 saturated heterocycles. The molecule has 8 heteroatoms. The van der Waals surface area contributed by atoms with E-state index in [4.69, 9.17) is 4.74 Å². The zero-order valence-corrected chi connectivity index (χ0v) is 16.2. The number of aromatic nitrogens is 2. The quantitative estimate of drug-likeness (QED) is 0.621. The average Bonchev–Trinajstić information content (AvgIpc) is 2.65. The molecular weight excluding hydrogens is 378 g/mol. The van der Waals surface area contributed by atoms with Crippen molar-refractivity contribution in [3.05, 3.63) is 71.6 Å². The van der Waals surface area contributed by atoms with Crippen molar-refractivity contribution in [3.8, 4) is 5.75 Å². The molecule has 1 aromatic heterocycles. The summed E-state index contributed by atoms with van der Waals surface area (Å²) in [6, 6.07) is 12.0. The first-order chi connectivity index (χ1) is 13.8. The zero-order chi connectivity index (χ0) is 21.0. The third-order valence-electron chi connectivity index (χ3n) is 3.78. The van der Waals surface area contributed by atoms with Crippen LogP contribution in [-0.4, -0.2) is 22.0 Å². The second-order valence-corrected chi connectivity index (χ2v) is 6.56. The first-order valence-electron chi connectivity index (χ1n) is 8.97. The Bertz CT molecular complexity index is 1020. The number of carbonyl (C=O) groups is 1. The summed E-state index contributed by atoms with van der Waals surface area (Å²) < 4.78 is 33.5. The lowest BCUT2D eigenvalue weighted by Gasteiger charge is -2.15. The van der Waals surface area contributed by atoms with Gasteiger partial charge < -0.3 is 15.4 Å². The van der Waals surface area contributed by atoms with Crippen LogP contribution >= 0.6 is 0 Å². The number of rotatable bonds is 6. The molecule has 3 rings (SSSR count). The topological polar surface area (TPSA) is 76.1 Å². The molecule has 3 aromatic rings. The number of nitrogens with one attached hydrogen (secondary N) is 2. The minimum atomic E-state index is -0.791. The van der Waals surface area contributed by atoms with Gasteiger partial charge in [0, 0.05) is 5.69 Å². The number of para-hydroxylation sites is 3. The van der Waals surface area contributed by atoms with Crippen LogP contribution in [0.2, 0.25) is 0 Å². The van der Waals surface area contributed by atoms with E-state index in [2.05, 4.69) is 20.6 Å². The molecule has 29 heavy (non-hydrogen) atoms. The van der Waals surface area contributed by atoms with Gasteiger partial charge in [-0.1, -0.05) is 18.2 Å². The smallest absolute Gasteiger partial charge is 0.274 e. The number of ether oxygens (including phenoxy) is 1. The van der Waals surface area contributed by atoms with Crippen LogP contribution in [0.25, 0.3) is 0 Å². The molecule has 0 aliphatic carbocycles. The van der Waals surface area contributed by atoms with E-state index in [-0.39, 0.29) is 23.4 Å². The van der Waals surface area contributed by atoms with Gasteiger partial charge in [-0.05, 0) is 51.1 Å². The highest BCUT2D eigenvalue weighted by Gasteiger charge is 2.16. The molecular formula is C21H20F2N4O2. The molecule has 6 nitrogen and oxygen atoms in total. The lowest BCUT2D eigenvalue weighted by molar-refractivity contribution is 0.102. The van der Waals surface area contributed by atoms with Crippen molar-refractivity contribution in [2.75, 3.05) is 10.6 Å². The van der Waals surface area contributed by atoms with Crippen molar-refractivity contribution < 1.29 is 18.3 Å². The molecule has 0 saturated carbocycles. The number of aryl methyl sites for hydroxylation is 1. The van der Waals surface area contributed by atoms with E-state index in [1.54, 1.807) is 31.2 Å². The van der Waals surface area contributed by atoms with E-state index in [1.165, 1.54) is 12.1 Å². The van der Waals surface area contributed by atoms with Crippen LogP contribution in [-0.2, 0) is 0 Å². The van der Waals surface area contributed by atoms with Crippen LogP contribution in [0.3, 0.4) is 0 Å². The summed E-state index contributed by atoms with van der Waals surface area (Å²) in [4.78, 5) is 20.9. The number of amides is 1. The molecule has 1 heterocycles. The molecule has 1 amide bonds. The van der Waals surface area contributed by atoms with Crippen molar-refractivity contribution in [3.63, 3.8) is 0 Å². The minimum absolute atomic E-state index is 0.0381. The zero-order valence-electron chi connectivity index (χ0n) is 16.2. The van der Waals surface area contributed by atoms with Gasteiger partial charge in [-0.2, -0.15) is 0 Å². The van der Waals surface area contributed by atoms with Crippen LogP contribution in [0, 0.1) is 18.6 Å². The highest BCUT2D eigenvalue weighted by molar-refractivity contribution is 6.03. The highest BCUT2D eigenvalue weighted by Crippen LogP contribution is 2.26. The van der Waals surface area contributed by atoms with Gasteiger partial charge in [0.15, 0.2) is 0 Å². The Morgan fingerprint density at radius 2 is 1.72 bits per heavy atom. The summed E-state index contributed by atoms with van der Waals surface area (Å²) in [6.45, 7) is 5.41. The third-order valence-corrected chi connectivity index (χ3v) is 3.78. The minimum Gasteiger partial charge on any atom is -0.489 e. The molecule has 0 spiro atoms. The van der Waals surface area contributed by atoms with E-state index in [1.807, 2.05) is 13.8 Å². The number of hydrogen-bond donors (Lipinski definition) is 2. The maximum atomic E-state index is 13.9. The van der Waals surface area contributed by atoms with E-state index >= 15 is 0 Å². The fourth-order valence-electron chi connectivity index (χ4n) is 2.58. The van der Waals surface area contributed by atoms with Crippen molar-refractivity contribution in [1.82, 2.24) is 9.97 Å². The molecule has 0 aliphatic rings. The van der Waals surface area contributed by atoms with Crippen molar-refractivity contribution >= 4 is 23.2 Å². The predicted molar refractivity (Wildman–Crippen MR) is 107 cm³/mol. The largest absolute Gasteiger partial charge is 0.489 e. The number of nitrogens with zero attached hydrogens (tertiary/aromatic N) is 2. The lowest BCUT2D eigenvalue weighted by atomic mass is 10.2. The van der Waals surface area contributed by atoms with Gasteiger partial charge in [-0.3, -0.25) is 4.79 Å². The second-order valence-electron chi connectivity index (χ2n) is 6.56. The Morgan fingerprint density at radius 1 is 1.03 bits per heavy atom. The van der Waals surface area contributed by atoms with Gasteiger partial charge in [0.1, 0.15) is 28.8 Å². The Kier molecular flexibility index (Phi) is 6.01. The molecule has 2 N–H and O–H groups in total. The Hall–Kier alpha value is -3.55. The van der Waals surface area contributed by atoms with Gasteiger partial charge in [0.05, 0.1) is 11.8 Å². The third kappa shape index (κ3) is 5.04. The van der Waals surface area contributed by atoms with Crippen LogP contribution in [0.5, 0.6) is 5.75 Å². The fourth-order valence-corrected chi connectivity index (χ4v) is 2.58. The maximum absolute atomic E-state index is 13.9. The van der Waals surface area contributed by atoms with E-state index in [0.29, 0.717) is 17.1 Å². The molecule has 0 radical (unpaired) electrons. The van der Waals surface area contributed by atoms with Gasteiger partial charge in [0.2, 0.25) is 5.95 Å². The molecule has 0 fully saturated rings. The first-order valence-corrected chi connectivity index (χ1v) is 8.97. The summed E-state index contributed by atoms with van der Waals surface area (Å²) in [6.07, 6.45) is -0.0687. The van der Waals surface area contributed by atoms with Gasteiger partial charge >= 0.3 is 0 Å². The summed E-state index contributed by atoms with van der Waals surface area (Å²) >= 11 is 0. The lowest BCUT2D eigenvalue weighted by Crippen LogP contribution is -2.17. The van der Waals surface area contributed by atoms with E-state index in [0.717, 1.165) is 12.1 Å². The monoisotopic (exact) mass is 398 g/mol. The van der Waals surface area contributed by atoms with Crippen LogP contribution in [0.4, 0.5) is 26.1 Å². The van der Waals surface area contributed by atoms with Gasteiger partial charge in [0.25, 0.3) is 5.91 Å². The molecule has 0 aliphatic heterocycles. The molecule has 0 atom stereocenters. The summed E-state index contributed by atoms with van der Waals surface area (Å²) in [5.74, 6) is -1.66. The summed E-state index contributed by atoms with van der Waals surface area (Å²) in [7, 11) is 0. The average molecular weight is 398 g/mol. The molecule has 150 valence electrons. The van der Waals surface area contributed by atoms with Gasteiger partial charge in [-0.15, -0.1) is 0 Å². The Balaban J connectivity index is 1.86. The Labute approximate surface area is 167 Å². The Morgan fingerprint density at radius 3 is 2.41 bits per heavy atom. The van der Waals surface area contributed by atoms with Crippen LogP contribution < -0.4 is 15.4 Å². The molecule has 0 unspecified atom stereocenters. The summed E-state index contributed by atoms with van der Waals surface area (Å²) in [5, 5.41) is 5.24. The number of carbonyl (C=O) groups excluding carboxylic acids is 1. The second kappa shape index (κ2) is 8.64. The summed E-state index contributed by atoms with van der Waals surface area (Å²) in [5.41, 5.74) is 0.587. The predicted octanol–water partition coefficient (Wildman–Crippen LogP) is 4.85. The number of anilines is 3. The van der Waals surface area contributed by atoms with Crippen LogP contribution in [0.15, 0.2) is 48.5 Å². The normalized spacial score (nSPS) is 10.7. The van der Waals surface area contributed by atoms with Crippen LogP contribution in [0.1, 0.15) is 30.0 Å². The molecule has 0 bridgehead atoms. The number of halogens is 2. The van der Waals surface area contributed by atoms with Crippen molar-refractivity contribution in [2.45, 2.75) is 26.9 Å². The van der Waals surface area contributed by atoms with Crippen molar-refractivity contribution in [1.29, 1.82) is 0 Å². The van der Waals surface area contributed by atoms with E-state index in [9.17, 15) is 13.6 Å². The van der Waals surface area contributed by atoms with Crippen molar-refractivity contribution in [2.24, 2.45) is 0 Å². The first kappa shape index (κ1) is 20.2. The van der Waals surface area contributed by atoms with Gasteiger partial charge in [-0.25, -0.2) is 18.7 Å². The molecule has 2 aromatic carbocycles. The highest BCUT2D eigenvalue weighted by atomic mass is 19.1. The number of benzene rings is 2. The SMILES string of the molecule is Cc1cc(C(=O)Nc2ccccc2OC(C)C)nc(Nc2c(F)cccc2F)n1. The standard InChI is InChI=1S/C21H20F2N4O2/c1-12(2)29-18-10-5-4-9-16(18)25-20(28)17-11-13(3)24-21(26-17)27-19-14(22)7-6-8-15(19)23/h4-12H,1-3H3,(H,25,28)(H,24,26,27). The number of hydrogen-bond acceptors (Lipinski definition) is 5. The van der Waals surface area contributed by atoms with E-state index < -0.39 is 17.5 Å². The maximum Gasteiger partial charge on any atom is 0.274 e. The fraction of sp³-hybridized carbons (Fsp3) is 0.190.